The van der Waals surface area contributed by atoms with Crippen LogP contribution in [0.3, 0.4) is 0 Å². The van der Waals surface area contributed by atoms with Gasteiger partial charge in [0.25, 0.3) is 5.91 Å². The van der Waals surface area contributed by atoms with Gasteiger partial charge in [-0.1, -0.05) is 29.8 Å². The van der Waals surface area contributed by atoms with E-state index in [1.807, 2.05) is 13.0 Å². The number of amides is 1. The highest BCUT2D eigenvalue weighted by molar-refractivity contribution is 5.97. The van der Waals surface area contributed by atoms with E-state index in [1.54, 1.807) is 38.1 Å². The summed E-state index contributed by atoms with van der Waals surface area (Å²) in [5, 5.41) is 6.23. The van der Waals surface area contributed by atoms with Gasteiger partial charge in [-0.15, -0.1) is 0 Å². The number of aromatic nitrogens is 1. The van der Waals surface area contributed by atoms with Gasteiger partial charge in [0.2, 0.25) is 0 Å². The molecule has 1 aromatic heterocycles. The number of ether oxygens (including phenoxy) is 1. The summed E-state index contributed by atoms with van der Waals surface area (Å²) in [7, 11) is 0. The number of hydrogen-bond acceptors (Lipinski definition) is 5. The molecule has 6 heteroatoms. The quantitative estimate of drug-likeness (QED) is 0.859. The number of rotatable bonds is 5. The summed E-state index contributed by atoms with van der Waals surface area (Å²) in [5.41, 5.74) is 1.37. The van der Waals surface area contributed by atoms with Crippen molar-refractivity contribution < 1.29 is 18.8 Å². The van der Waals surface area contributed by atoms with Crippen LogP contribution in [-0.4, -0.2) is 23.1 Å². The maximum absolute atomic E-state index is 12.1. The first-order valence-corrected chi connectivity index (χ1v) is 7.01. The summed E-state index contributed by atoms with van der Waals surface area (Å²) in [5.74, 6) is -0.0773. The highest BCUT2D eigenvalue weighted by atomic mass is 16.5. The molecule has 0 bridgehead atoms. The number of aryl methyl sites for hydroxylation is 2. The normalized spacial score (nSPS) is 11.8. The Morgan fingerprint density at radius 3 is 2.68 bits per heavy atom. The van der Waals surface area contributed by atoms with Crippen molar-refractivity contribution in [2.45, 2.75) is 33.3 Å². The Morgan fingerprint density at radius 1 is 1.32 bits per heavy atom. The smallest absolute Gasteiger partial charge is 0.338 e. The van der Waals surface area contributed by atoms with Gasteiger partial charge in [0.05, 0.1) is 5.56 Å². The van der Waals surface area contributed by atoms with Gasteiger partial charge in [0, 0.05) is 6.07 Å². The van der Waals surface area contributed by atoms with Crippen LogP contribution in [0.4, 0.5) is 5.82 Å². The van der Waals surface area contributed by atoms with Crippen LogP contribution in [-0.2, 0) is 9.53 Å². The topological polar surface area (TPSA) is 81.4 Å². The van der Waals surface area contributed by atoms with E-state index in [9.17, 15) is 9.59 Å². The number of esters is 1. The van der Waals surface area contributed by atoms with E-state index in [0.717, 1.165) is 5.56 Å². The molecule has 1 amide bonds. The fourth-order valence-electron chi connectivity index (χ4n) is 1.92. The van der Waals surface area contributed by atoms with Crippen molar-refractivity contribution in [1.82, 2.24) is 5.16 Å². The van der Waals surface area contributed by atoms with Gasteiger partial charge >= 0.3 is 5.97 Å². The van der Waals surface area contributed by atoms with Crippen LogP contribution in [0.5, 0.6) is 0 Å². The average molecular weight is 302 g/mol. The first-order chi connectivity index (χ1) is 10.5. The third-order valence-electron chi connectivity index (χ3n) is 3.05. The Morgan fingerprint density at radius 2 is 2.09 bits per heavy atom. The molecule has 1 unspecified atom stereocenters. The van der Waals surface area contributed by atoms with Gasteiger partial charge in [0.15, 0.2) is 11.9 Å². The molecule has 0 saturated heterocycles. The molecule has 6 nitrogen and oxygen atoms in total. The fraction of sp³-hybridized carbons (Fsp3) is 0.312. The van der Waals surface area contributed by atoms with Crippen molar-refractivity contribution in [3.63, 3.8) is 0 Å². The van der Waals surface area contributed by atoms with Crippen molar-refractivity contribution >= 4 is 17.7 Å². The lowest BCUT2D eigenvalue weighted by Gasteiger charge is -2.15. The van der Waals surface area contributed by atoms with Gasteiger partial charge < -0.3 is 14.6 Å². The third kappa shape index (κ3) is 3.94. The van der Waals surface area contributed by atoms with Crippen LogP contribution in [0.2, 0.25) is 0 Å². The van der Waals surface area contributed by atoms with Crippen LogP contribution in [0, 0.1) is 13.8 Å². The molecule has 0 aliphatic carbocycles. The molecule has 1 heterocycles. The summed E-state index contributed by atoms with van der Waals surface area (Å²) in [6.07, 6.45) is -0.523. The second-order valence-corrected chi connectivity index (χ2v) is 4.98. The number of carbonyl (C=O) groups is 2. The van der Waals surface area contributed by atoms with Crippen molar-refractivity contribution in [3.8, 4) is 0 Å². The number of hydrogen-bond donors (Lipinski definition) is 1. The molecule has 22 heavy (non-hydrogen) atoms. The lowest BCUT2D eigenvalue weighted by atomic mass is 10.1. The van der Waals surface area contributed by atoms with Crippen LogP contribution < -0.4 is 5.32 Å². The molecular weight excluding hydrogens is 284 g/mol. The number of carbonyl (C=O) groups excluding carboxylic acids is 2. The summed E-state index contributed by atoms with van der Waals surface area (Å²) in [6, 6.07) is 8.61. The summed E-state index contributed by atoms with van der Waals surface area (Å²) >= 11 is 0. The van der Waals surface area contributed by atoms with E-state index >= 15 is 0 Å². The first-order valence-electron chi connectivity index (χ1n) is 7.01. The van der Waals surface area contributed by atoms with Crippen molar-refractivity contribution in [3.05, 3.63) is 47.2 Å². The van der Waals surface area contributed by atoms with Crippen molar-refractivity contribution in [1.29, 1.82) is 0 Å². The minimum absolute atomic E-state index is 0.299. The molecule has 0 aliphatic rings. The zero-order valence-electron chi connectivity index (χ0n) is 12.8. The van der Waals surface area contributed by atoms with Gasteiger partial charge in [0.1, 0.15) is 5.76 Å². The summed E-state index contributed by atoms with van der Waals surface area (Å²) in [4.78, 5) is 24.2. The molecule has 1 N–H and O–H groups in total. The maximum atomic E-state index is 12.1. The highest BCUT2D eigenvalue weighted by Crippen LogP contribution is 2.12. The van der Waals surface area contributed by atoms with E-state index < -0.39 is 18.0 Å². The SMILES string of the molecule is CCC(OC(=O)c1cccc(C)c1)C(=O)Nc1cc(C)on1. The molecule has 0 saturated carbocycles. The standard InChI is InChI=1S/C16H18N2O4/c1-4-13(15(19)17-14-9-11(3)22-18-14)21-16(20)12-7-5-6-10(2)8-12/h5-9,13H,4H2,1-3H3,(H,17,18,19). The zero-order chi connectivity index (χ0) is 16.1. The minimum Gasteiger partial charge on any atom is -0.449 e. The second kappa shape index (κ2) is 6.89. The van der Waals surface area contributed by atoms with E-state index in [1.165, 1.54) is 0 Å². The Kier molecular flexibility index (Phi) is 4.93. The molecule has 2 aromatic rings. The minimum atomic E-state index is -0.884. The van der Waals surface area contributed by atoms with Crippen LogP contribution in [0.15, 0.2) is 34.9 Å². The Balaban J connectivity index is 2.02. The molecule has 1 aromatic carbocycles. The van der Waals surface area contributed by atoms with Crippen LogP contribution in [0.25, 0.3) is 0 Å². The van der Waals surface area contributed by atoms with Gasteiger partial charge in [-0.2, -0.15) is 0 Å². The van der Waals surface area contributed by atoms with E-state index in [-0.39, 0.29) is 0 Å². The average Bonchev–Trinajstić information content (AvgIpc) is 2.89. The molecule has 2 rings (SSSR count). The Bertz CT molecular complexity index is 678. The molecule has 0 radical (unpaired) electrons. The fourth-order valence-corrected chi connectivity index (χ4v) is 1.92. The lowest BCUT2D eigenvalue weighted by Crippen LogP contribution is -2.32. The summed E-state index contributed by atoms with van der Waals surface area (Å²) < 4.78 is 10.1. The molecule has 0 aliphatic heterocycles. The van der Waals surface area contributed by atoms with E-state index in [0.29, 0.717) is 23.6 Å². The molecular formula is C16H18N2O4. The van der Waals surface area contributed by atoms with Crippen molar-refractivity contribution in [2.24, 2.45) is 0 Å². The van der Waals surface area contributed by atoms with Gasteiger partial charge in [-0.05, 0) is 32.4 Å². The zero-order valence-corrected chi connectivity index (χ0v) is 12.8. The second-order valence-electron chi connectivity index (χ2n) is 4.98. The Hall–Kier alpha value is -2.63. The Labute approximate surface area is 128 Å². The number of nitrogens with zero attached hydrogens (tertiary/aromatic N) is 1. The van der Waals surface area contributed by atoms with Crippen LogP contribution >= 0.6 is 0 Å². The van der Waals surface area contributed by atoms with Gasteiger partial charge in [-0.3, -0.25) is 4.79 Å². The molecule has 1 atom stereocenters. The van der Waals surface area contributed by atoms with E-state index in [4.69, 9.17) is 9.26 Å². The van der Waals surface area contributed by atoms with E-state index in [2.05, 4.69) is 10.5 Å². The first kappa shape index (κ1) is 15.8. The largest absolute Gasteiger partial charge is 0.449 e. The van der Waals surface area contributed by atoms with Crippen molar-refractivity contribution in [2.75, 3.05) is 5.32 Å². The van der Waals surface area contributed by atoms with Crippen LogP contribution in [0.1, 0.15) is 35.0 Å². The third-order valence-corrected chi connectivity index (χ3v) is 3.05. The monoisotopic (exact) mass is 302 g/mol. The number of benzene rings is 1. The lowest BCUT2D eigenvalue weighted by molar-refractivity contribution is -0.124. The highest BCUT2D eigenvalue weighted by Gasteiger charge is 2.23. The van der Waals surface area contributed by atoms with Gasteiger partial charge in [-0.25, -0.2) is 4.79 Å². The maximum Gasteiger partial charge on any atom is 0.338 e. The predicted molar refractivity (Wildman–Crippen MR) is 80.5 cm³/mol. The number of anilines is 1. The predicted octanol–water partition coefficient (Wildman–Crippen LogP) is 2.87. The number of nitrogens with one attached hydrogen (secondary N) is 1. The molecule has 116 valence electrons. The molecule has 0 fully saturated rings. The molecule has 0 spiro atoms. The summed E-state index contributed by atoms with van der Waals surface area (Å²) in [6.45, 7) is 5.37.